The molecule has 2 saturated heterocycles. The van der Waals surface area contributed by atoms with Crippen molar-refractivity contribution in [2.75, 3.05) is 39.3 Å². The average Bonchev–Trinajstić information content (AvgIpc) is 3.02. The van der Waals surface area contributed by atoms with E-state index < -0.39 is 0 Å². The highest BCUT2D eigenvalue weighted by Gasteiger charge is 2.32. The monoisotopic (exact) mass is 301 g/mol. The van der Waals surface area contributed by atoms with Crippen molar-refractivity contribution in [3.05, 3.63) is 12.7 Å². The summed E-state index contributed by atoms with van der Waals surface area (Å²) in [6.07, 6.45) is 4.84. The van der Waals surface area contributed by atoms with E-state index in [1.807, 2.05) is 4.68 Å². The largest absolute Gasteiger partial charge is 0.374 e. The number of halogens is 1. The van der Waals surface area contributed by atoms with Crippen LogP contribution in [0.15, 0.2) is 12.7 Å². The van der Waals surface area contributed by atoms with Gasteiger partial charge in [-0.25, -0.2) is 4.98 Å². The van der Waals surface area contributed by atoms with E-state index in [4.69, 9.17) is 4.74 Å². The lowest BCUT2D eigenvalue weighted by Crippen LogP contribution is -2.48. The summed E-state index contributed by atoms with van der Waals surface area (Å²) in [5, 5.41) is 7.62. The molecule has 2 fully saturated rings. The third-order valence-corrected chi connectivity index (χ3v) is 4.14. The number of nitrogens with zero attached hydrogens (tertiary/aromatic N) is 4. The molecular formula is C13H24ClN5O. The van der Waals surface area contributed by atoms with Crippen LogP contribution in [0.1, 0.15) is 13.3 Å². The van der Waals surface area contributed by atoms with Crippen LogP contribution in [0, 0.1) is 5.41 Å². The summed E-state index contributed by atoms with van der Waals surface area (Å²) in [7, 11) is 0. The molecule has 2 unspecified atom stereocenters. The molecule has 0 saturated carbocycles. The summed E-state index contributed by atoms with van der Waals surface area (Å²) in [5.74, 6) is 0. The van der Waals surface area contributed by atoms with Gasteiger partial charge in [-0.1, -0.05) is 6.92 Å². The molecule has 1 aromatic heterocycles. The Labute approximate surface area is 126 Å². The normalized spacial score (nSPS) is 31.1. The minimum absolute atomic E-state index is 0. The van der Waals surface area contributed by atoms with Gasteiger partial charge in [0, 0.05) is 26.2 Å². The first kappa shape index (κ1) is 15.7. The molecule has 1 N–H and O–H groups in total. The highest BCUT2D eigenvalue weighted by molar-refractivity contribution is 5.85. The molecule has 20 heavy (non-hydrogen) atoms. The zero-order valence-electron chi connectivity index (χ0n) is 12.0. The van der Waals surface area contributed by atoms with E-state index in [0.717, 1.165) is 45.9 Å². The van der Waals surface area contributed by atoms with Crippen LogP contribution in [0.5, 0.6) is 0 Å². The topological polar surface area (TPSA) is 55.2 Å². The van der Waals surface area contributed by atoms with Gasteiger partial charge in [-0.15, -0.1) is 12.4 Å². The first-order valence-corrected chi connectivity index (χ1v) is 7.11. The second kappa shape index (κ2) is 6.85. The van der Waals surface area contributed by atoms with Crippen LogP contribution in [0.2, 0.25) is 0 Å². The maximum absolute atomic E-state index is 5.83. The van der Waals surface area contributed by atoms with Gasteiger partial charge >= 0.3 is 0 Å². The Balaban J connectivity index is 0.00000147. The second-order valence-corrected chi connectivity index (χ2v) is 6.08. The van der Waals surface area contributed by atoms with Gasteiger partial charge in [0.25, 0.3) is 0 Å². The van der Waals surface area contributed by atoms with Crippen LogP contribution in [-0.2, 0) is 11.3 Å². The lowest BCUT2D eigenvalue weighted by atomic mass is 9.89. The SMILES string of the molecule is CC1(CN2CCOC(Cn3cncn3)C2)CCNC1.Cl. The molecule has 0 radical (unpaired) electrons. The van der Waals surface area contributed by atoms with E-state index in [2.05, 4.69) is 27.2 Å². The number of aromatic nitrogens is 3. The van der Waals surface area contributed by atoms with Gasteiger partial charge in [-0.05, 0) is 18.4 Å². The first-order valence-electron chi connectivity index (χ1n) is 7.11. The number of hydrogen-bond donors (Lipinski definition) is 1. The predicted molar refractivity (Wildman–Crippen MR) is 79.0 cm³/mol. The minimum atomic E-state index is 0. The van der Waals surface area contributed by atoms with E-state index in [-0.39, 0.29) is 18.5 Å². The molecule has 2 atom stereocenters. The Morgan fingerprint density at radius 2 is 2.40 bits per heavy atom. The van der Waals surface area contributed by atoms with Crippen molar-refractivity contribution >= 4 is 12.4 Å². The van der Waals surface area contributed by atoms with E-state index in [1.165, 1.54) is 6.42 Å². The molecule has 6 nitrogen and oxygen atoms in total. The lowest BCUT2D eigenvalue weighted by Gasteiger charge is -2.37. The Kier molecular flexibility index (Phi) is 5.37. The maximum atomic E-state index is 5.83. The van der Waals surface area contributed by atoms with E-state index in [1.54, 1.807) is 12.7 Å². The fourth-order valence-corrected chi connectivity index (χ4v) is 3.11. The van der Waals surface area contributed by atoms with Gasteiger partial charge in [-0.3, -0.25) is 9.58 Å². The summed E-state index contributed by atoms with van der Waals surface area (Å²) in [6, 6.07) is 0. The molecule has 7 heteroatoms. The van der Waals surface area contributed by atoms with Crippen molar-refractivity contribution < 1.29 is 4.74 Å². The number of hydrogen-bond acceptors (Lipinski definition) is 5. The molecular weight excluding hydrogens is 278 g/mol. The third-order valence-electron chi connectivity index (χ3n) is 4.14. The average molecular weight is 302 g/mol. The van der Waals surface area contributed by atoms with Crippen LogP contribution in [0.25, 0.3) is 0 Å². The smallest absolute Gasteiger partial charge is 0.137 e. The summed E-state index contributed by atoms with van der Waals surface area (Å²) in [5.41, 5.74) is 0.426. The Morgan fingerprint density at radius 3 is 3.10 bits per heavy atom. The Morgan fingerprint density at radius 1 is 1.50 bits per heavy atom. The zero-order valence-corrected chi connectivity index (χ0v) is 12.8. The van der Waals surface area contributed by atoms with E-state index in [0.29, 0.717) is 5.41 Å². The minimum Gasteiger partial charge on any atom is -0.374 e. The molecule has 3 heterocycles. The maximum Gasteiger partial charge on any atom is 0.137 e. The van der Waals surface area contributed by atoms with Gasteiger partial charge in [0.15, 0.2) is 0 Å². The number of ether oxygens (including phenoxy) is 1. The van der Waals surface area contributed by atoms with E-state index >= 15 is 0 Å². The van der Waals surface area contributed by atoms with Gasteiger partial charge in [0.05, 0.1) is 19.3 Å². The molecule has 3 rings (SSSR count). The Bertz CT molecular complexity index is 393. The third kappa shape index (κ3) is 3.91. The van der Waals surface area contributed by atoms with Crippen LogP contribution in [-0.4, -0.2) is 65.1 Å². The quantitative estimate of drug-likeness (QED) is 0.872. The lowest BCUT2D eigenvalue weighted by molar-refractivity contribution is -0.0467. The fraction of sp³-hybridized carbons (Fsp3) is 0.846. The van der Waals surface area contributed by atoms with Crippen LogP contribution in [0.3, 0.4) is 0 Å². The summed E-state index contributed by atoms with van der Waals surface area (Å²) in [4.78, 5) is 6.52. The van der Waals surface area contributed by atoms with Crippen molar-refractivity contribution in [1.29, 1.82) is 0 Å². The number of nitrogens with one attached hydrogen (secondary N) is 1. The van der Waals surface area contributed by atoms with Crippen LogP contribution >= 0.6 is 12.4 Å². The standard InChI is InChI=1S/C13H23N5O.ClH/c1-13(2-3-14-8-13)9-17-4-5-19-12(6-17)7-18-11-15-10-16-18;/h10-12,14H,2-9H2,1H3;1H. The van der Waals surface area contributed by atoms with Crippen molar-refractivity contribution in [2.24, 2.45) is 5.41 Å². The zero-order chi connectivity index (χ0) is 13.1. The van der Waals surface area contributed by atoms with Gasteiger partial charge in [-0.2, -0.15) is 5.10 Å². The fourth-order valence-electron chi connectivity index (χ4n) is 3.11. The molecule has 0 aliphatic carbocycles. The molecule has 0 spiro atoms. The number of morpholine rings is 1. The molecule has 1 aromatic rings. The van der Waals surface area contributed by atoms with Crippen LogP contribution < -0.4 is 5.32 Å². The molecule has 114 valence electrons. The first-order chi connectivity index (χ1) is 9.23. The van der Waals surface area contributed by atoms with Gasteiger partial charge in [0.1, 0.15) is 12.7 Å². The number of rotatable bonds is 4. The summed E-state index contributed by atoms with van der Waals surface area (Å²) in [6.45, 7) is 9.50. The van der Waals surface area contributed by atoms with Gasteiger partial charge in [0.2, 0.25) is 0 Å². The molecule has 2 aliphatic heterocycles. The van der Waals surface area contributed by atoms with E-state index in [9.17, 15) is 0 Å². The highest BCUT2D eigenvalue weighted by Crippen LogP contribution is 2.26. The van der Waals surface area contributed by atoms with Crippen molar-refractivity contribution in [2.45, 2.75) is 26.0 Å². The van der Waals surface area contributed by atoms with Gasteiger partial charge < -0.3 is 10.1 Å². The summed E-state index contributed by atoms with van der Waals surface area (Å²) < 4.78 is 7.69. The van der Waals surface area contributed by atoms with Crippen molar-refractivity contribution in [1.82, 2.24) is 25.0 Å². The van der Waals surface area contributed by atoms with Crippen LogP contribution in [0.4, 0.5) is 0 Å². The van der Waals surface area contributed by atoms with Crippen molar-refractivity contribution in [3.63, 3.8) is 0 Å². The predicted octanol–water partition coefficient (Wildman–Crippen LogP) is 0.400. The molecule has 2 aliphatic rings. The molecule has 0 aromatic carbocycles. The summed E-state index contributed by atoms with van der Waals surface area (Å²) >= 11 is 0. The highest BCUT2D eigenvalue weighted by atomic mass is 35.5. The van der Waals surface area contributed by atoms with Crippen molar-refractivity contribution in [3.8, 4) is 0 Å². The molecule has 0 amide bonds. The second-order valence-electron chi connectivity index (χ2n) is 6.08. The molecule has 0 bridgehead atoms. The Hall–Kier alpha value is -0.690.